The average molecular weight is 259 g/mol. The molecular formula is C16H21NO2. The van der Waals surface area contributed by atoms with E-state index in [0.29, 0.717) is 0 Å². The van der Waals surface area contributed by atoms with Crippen LogP contribution in [0.25, 0.3) is 0 Å². The van der Waals surface area contributed by atoms with Gasteiger partial charge in [-0.15, -0.1) is 0 Å². The highest BCUT2D eigenvalue weighted by atomic mass is 16.5. The molecule has 0 bridgehead atoms. The van der Waals surface area contributed by atoms with Gasteiger partial charge >= 0.3 is 5.97 Å². The van der Waals surface area contributed by atoms with Gasteiger partial charge in [0.25, 0.3) is 0 Å². The number of benzene rings is 1. The summed E-state index contributed by atoms with van der Waals surface area (Å²) < 4.78 is 5.39. The van der Waals surface area contributed by atoms with E-state index in [1.807, 2.05) is 31.2 Å². The van der Waals surface area contributed by atoms with Crippen molar-refractivity contribution >= 4 is 11.7 Å². The highest BCUT2D eigenvalue weighted by Crippen LogP contribution is 2.20. The monoisotopic (exact) mass is 259 g/mol. The molecule has 3 nitrogen and oxygen atoms in total. The first-order valence-corrected chi connectivity index (χ1v) is 6.95. The van der Waals surface area contributed by atoms with E-state index < -0.39 is 0 Å². The third-order valence-corrected chi connectivity index (χ3v) is 3.44. The summed E-state index contributed by atoms with van der Waals surface area (Å²) in [6.07, 6.45) is 8.83. The second-order valence-electron chi connectivity index (χ2n) is 4.99. The van der Waals surface area contributed by atoms with Gasteiger partial charge in [0.1, 0.15) is 6.10 Å². The van der Waals surface area contributed by atoms with Crippen molar-refractivity contribution in [2.75, 3.05) is 5.32 Å². The van der Waals surface area contributed by atoms with Gasteiger partial charge in [0.2, 0.25) is 0 Å². The normalized spacial score (nSPS) is 16.5. The summed E-state index contributed by atoms with van der Waals surface area (Å²) in [5.41, 5.74) is 2.15. The lowest BCUT2D eigenvalue weighted by Gasteiger charge is -2.20. The zero-order chi connectivity index (χ0) is 13.5. The van der Waals surface area contributed by atoms with Crippen molar-refractivity contribution in [3.63, 3.8) is 0 Å². The van der Waals surface area contributed by atoms with Crippen LogP contribution < -0.4 is 5.32 Å². The SMILES string of the molecule is Cc1ccccc1N/C=C\C(=O)OC1CCCCC1. The van der Waals surface area contributed by atoms with Crippen molar-refractivity contribution < 1.29 is 9.53 Å². The maximum atomic E-state index is 11.6. The molecule has 0 amide bonds. The molecule has 0 atom stereocenters. The third-order valence-electron chi connectivity index (χ3n) is 3.44. The summed E-state index contributed by atoms with van der Waals surface area (Å²) in [6, 6.07) is 7.95. The van der Waals surface area contributed by atoms with Crippen LogP contribution in [-0.2, 0) is 9.53 Å². The molecule has 1 fully saturated rings. The van der Waals surface area contributed by atoms with Crippen LogP contribution in [0.15, 0.2) is 36.5 Å². The molecule has 102 valence electrons. The molecule has 1 N–H and O–H groups in total. The number of aryl methyl sites for hydroxylation is 1. The Morgan fingerprint density at radius 1 is 1.26 bits per heavy atom. The van der Waals surface area contributed by atoms with Crippen molar-refractivity contribution in [3.8, 4) is 0 Å². The minimum Gasteiger partial charge on any atom is -0.459 e. The summed E-state index contributed by atoms with van der Waals surface area (Å²) in [5.74, 6) is -0.256. The first-order chi connectivity index (χ1) is 9.25. The Morgan fingerprint density at radius 2 is 2.00 bits per heavy atom. The Kier molecular flexibility index (Phi) is 5.01. The quantitative estimate of drug-likeness (QED) is 0.660. The van der Waals surface area contributed by atoms with Crippen molar-refractivity contribution in [3.05, 3.63) is 42.1 Å². The highest BCUT2D eigenvalue weighted by molar-refractivity contribution is 5.82. The van der Waals surface area contributed by atoms with Crippen LogP contribution in [0.3, 0.4) is 0 Å². The molecule has 0 unspecified atom stereocenters. The van der Waals surface area contributed by atoms with Crippen molar-refractivity contribution in [1.29, 1.82) is 0 Å². The van der Waals surface area contributed by atoms with Gasteiger partial charge in [-0.1, -0.05) is 24.6 Å². The molecule has 0 radical (unpaired) electrons. The summed E-state index contributed by atoms with van der Waals surface area (Å²) in [7, 11) is 0. The standard InChI is InChI=1S/C16H21NO2/c1-13-7-5-6-10-15(13)17-12-11-16(18)19-14-8-3-2-4-9-14/h5-7,10-12,14,17H,2-4,8-9H2,1H3/b12-11-. The molecule has 3 heteroatoms. The van der Waals surface area contributed by atoms with Crippen molar-refractivity contribution in [2.24, 2.45) is 0 Å². The predicted molar refractivity (Wildman–Crippen MR) is 76.9 cm³/mol. The molecule has 0 aliphatic heterocycles. The minimum absolute atomic E-state index is 0.115. The third kappa shape index (κ3) is 4.43. The summed E-state index contributed by atoms with van der Waals surface area (Å²) in [5, 5.41) is 3.10. The number of carbonyl (C=O) groups excluding carboxylic acids is 1. The second-order valence-corrected chi connectivity index (χ2v) is 4.99. The number of anilines is 1. The number of ether oxygens (including phenoxy) is 1. The fraction of sp³-hybridized carbons (Fsp3) is 0.438. The van der Waals surface area contributed by atoms with Gasteiger partial charge < -0.3 is 10.1 Å². The fourth-order valence-electron chi connectivity index (χ4n) is 2.32. The van der Waals surface area contributed by atoms with Crippen LogP contribution in [0.1, 0.15) is 37.7 Å². The van der Waals surface area contributed by atoms with E-state index in [2.05, 4.69) is 5.32 Å². The van der Waals surface area contributed by atoms with Gasteiger partial charge in [-0.2, -0.15) is 0 Å². The number of nitrogens with one attached hydrogen (secondary N) is 1. The minimum atomic E-state index is -0.256. The molecule has 1 aromatic carbocycles. The van der Waals surface area contributed by atoms with Crippen LogP contribution in [-0.4, -0.2) is 12.1 Å². The fourth-order valence-corrected chi connectivity index (χ4v) is 2.32. The summed E-state index contributed by atoms with van der Waals surface area (Å²) in [6.45, 7) is 2.02. The van der Waals surface area contributed by atoms with Gasteiger partial charge in [-0.25, -0.2) is 4.79 Å². The molecule has 1 aromatic rings. The smallest absolute Gasteiger partial charge is 0.332 e. The van der Waals surface area contributed by atoms with E-state index in [9.17, 15) is 4.79 Å². The van der Waals surface area contributed by atoms with Crippen LogP contribution in [0.2, 0.25) is 0 Å². The van der Waals surface area contributed by atoms with Crippen LogP contribution in [0.5, 0.6) is 0 Å². The second kappa shape index (κ2) is 6.98. The average Bonchev–Trinajstić information content (AvgIpc) is 2.42. The molecule has 1 aliphatic carbocycles. The molecule has 0 spiro atoms. The number of hydrogen-bond donors (Lipinski definition) is 1. The largest absolute Gasteiger partial charge is 0.459 e. The number of para-hydroxylation sites is 1. The van der Waals surface area contributed by atoms with E-state index in [-0.39, 0.29) is 12.1 Å². The number of hydrogen-bond acceptors (Lipinski definition) is 3. The van der Waals surface area contributed by atoms with E-state index in [4.69, 9.17) is 4.74 Å². The molecular weight excluding hydrogens is 238 g/mol. The lowest BCUT2D eigenvalue weighted by Crippen LogP contribution is -2.19. The summed E-state index contributed by atoms with van der Waals surface area (Å²) in [4.78, 5) is 11.6. The Balaban J connectivity index is 1.78. The number of esters is 1. The number of carbonyl (C=O) groups is 1. The molecule has 0 saturated heterocycles. The van der Waals surface area contributed by atoms with E-state index in [1.54, 1.807) is 6.20 Å². The topological polar surface area (TPSA) is 38.3 Å². The zero-order valence-corrected chi connectivity index (χ0v) is 11.4. The molecule has 2 rings (SSSR count). The lowest BCUT2D eigenvalue weighted by atomic mass is 9.98. The molecule has 1 saturated carbocycles. The maximum absolute atomic E-state index is 11.6. The summed E-state index contributed by atoms with van der Waals surface area (Å²) >= 11 is 0. The first kappa shape index (κ1) is 13.7. The first-order valence-electron chi connectivity index (χ1n) is 6.95. The predicted octanol–water partition coefficient (Wildman–Crippen LogP) is 3.80. The number of rotatable bonds is 4. The highest BCUT2D eigenvalue weighted by Gasteiger charge is 2.16. The zero-order valence-electron chi connectivity index (χ0n) is 11.4. The van der Waals surface area contributed by atoms with Crippen LogP contribution in [0, 0.1) is 6.92 Å². The lowest BCUT2D eigenvalue weighted by molar-refractivity contribution is -0.144. The maximum Gasteiger partial charge on any atom is 0.332 e. The van der Waals surface area contributed by atoms with Gasteiger partial charge in [-0.05, 0) is 44.2 Å². The Morgan fingerprint density at radius 3 is 2.74 bits per heavy atom. The Hall–Kier alpha value is -1.77. The van der Waals surface area contributed by atoms with E-state index in [0.717, 1.165) is 24.1 Å². The molecule has 0 heterocycles. The van der Waals surface area contributed by atoms with Crippen molar-refractivity contribution in [1.82, 2.24) is 0 Å². The van der Waals surface area contributed by atoms with Gasteiger partial charge in [0.05, 0.1) is 0 Å². The van der Waals surface area contributed by atoms with E-state index >= 15 is 0 Å². The van der Waals surface area contributed by atoms with Gasteiger partial charge in [0.15, 0.2) is 0 Å². The van der Waals surface area contributed by atoms with E-state index in [1.165, 1.54) is 25.3 Å². The van der Waals surface area contributed by atoms with Crippen molar-refractivity contribution in [2.45, 2.75) is 45.1 Å². The Bertz CT molecular complexity index is 448. The van der Waals surface area contributed by atoms with Gasteiger partial charge in [-0.3, -0.25) is 0 Å². The molecule has 19 heavy (non-hydrogen) atoms. The molecule has 0 aromatic heterocycles. The van der Waals surface area contributed by atoms with Crippen LogP contribution >= 0.6 is 0 Å². The molecule has 1 aliphatic rings. The van der Waals surface area contributed by atoms with Gasteiger partial charge in [0, 0.05) is 18.0 Å². The van der Waals surface area contributed by atoms with Crippen LogP contribution in [0.4, 0.5) is 5.69 Å². The Labute approximate surface area is 114 Å².